The van der Waals surface area contributed by atoms with E-state index >= 15 is 0 Å². The summed E-state index contributed by atoms with van der Waals surface area (Å²) in [6, 6.07) is 1.98. The van der Waals surface area contributed by atoms with Crippen LogP contribution in [0, 0.1) is 0 Å². The predicted molar refractivity (Wildman–Crippen MR) is 101 cm³/mol. The molecule has 3 aromatic rings. The molecule has 3 N–H and O–H groups in total. The number of ether oxygens (including phenoxy) is 1. The fourth-order valence-corrected chi connectivity index (χ4v) is 3.83. The Kier molecular flexibility index (Phi) is 4.22. The molecule has 0 spiro atoms. The van der Waals surface area contributed by atoms with Crippen LogP contribution in [-0.2, 0) is 10.3 Å². The average Bonchev–Trinajstić information content (AvgIpc) is 3.07. The number of hydrogen-bond acceptors (Lipinski definition) is 9. The van der Waals surface area contributed by atoms with Crippen molar-refractivity contribution in [3.8, 4) is 11.4 Å². The van der Waals surface area contributed by atoms with Crippen molar-refractivity contribution in [3.05, 3.63) is 23.3 Å². The van der Waals surface area contributed by atoms with Gasteiger partial charge in [-0.25, -0.2) is 19.9 Å². The van der Waals surface area contributed by atoms with Gasteiger partial charge in [0.1, 0.15) is 10.6 Å². The van der Waals surface area contributed by atoms with Crippen LogP contribution in [-0.4, -0.2) is 51.3 Å². The van der Waals surface area contributed by atoms with Gasteiger partial charge in [-0.15, -0.1) is 11.3 Å². The molecule has 0 unspecified atom stereocenters. The van der Waals surface area contributed by atoms with Crippen LogP contribution < -0.4 is 10.6 Å². The van der Waals surface area contributed by atoms with E-state index in [0.29, 0.717) is 24.6 Å². The van der Waals surface area contributed by atoms with Crippen molar-refractivity contribution in [3.63, 3.8) is 0 Å². The Morgan fingerprint density at radius 2 is 1.88 bits per heavy atom. The van der Waals surface area contributed by atoms with Crippen molar-refractivity contribution < 1.29 is 9.84 Å². The number of anilines is 2. The lowest BCUT2D eigenvalue weighted by Gasteiger charge is -2.28. The van der Waals surface area contributed by atoms with Gasteiger partial charge in [0, 0.05) is 30.4 Å². The summed E-state index contributed by atoms with van der Waals surface area (Å²) in [4.78, 5) is 21.4. The number of nitrogens with zero attached hydrogens (tertiary/aromatic N) is 5. The quantitative estimate of drug-likeness (QED) is 0.716. The maximum atomic E-state index is 10.4. The van der Waals surface area contributed by atoms with E-state index < -0.39 is 5.60 Å². The highest BCUT2D eigenvalue weighted by Gasteiger charge is 2.24. The molecule has 1 aliphatic rings. The van der Waals surface area contributed by atoms with E-state index in [9.17, 15) is 5.11 Å². The molecule has 26 heavy (non-hydrogen) atoms. The number of nitrogens with two attached hydrogens (primary N) is 1. The molecular formula is C17H20N6O2S. The van der Waals surface area contributed by atoms with Crippen LogP contribution in [0.1, 0.15) is 18.7 Å². The van der Waals surface area contributed by atoms with Crippen LogP contribution >= 0.6 is 11.3 Å². The summed E-state index contributed by atoms with van der Waals surface area (Å²) >= 11 is 1.47. The number of morpholine rings is 1. The van der Waals surface area contributed by atoms with Crippen molar-refractivity contribution >= 4 is 33.3 Å². The smallest absolute Gasteiger partial charge is 0.219 e. The number of fused-ring (bicyclic) bond motifs is 1. The van der Waals surface area contributed by atoms with E-state index in [-0.39, 0.29) is 5.95 Å². The third kappa shape index (κ3) is 3.20. The van der Waals surface area contributed by atoms with E-state index in [4.69, 9.17) is 15.5 Å². The first-order valence-electron chi connectivity index (χ1n) is 8.37. The molecule has 0 aliphatic carbocycles. The summed E-state index contributed by atoms with van der Waals surface area (Å²) < 4.78 is 5.46. The van der Waals surface area contributed by atoms with Gasteiger partial charge in [-0.3, -0.25) is 0 Å². The molecule has 0 aromatic carbocycles. The summed E-state index contributed by atoms with van der Waals surface area (Å²) in [5.41, 5.74) is 5.35. The topological polar surface area (TPSA) is 110 Å². The lowest BCUT2D eigenvalue weighted by molar-refractivity contribution is 0.0826. The van der Waals surface area contributed by atoms with Crippen LogP contribution in [0.15, 0.2) is 18.5 Å². The van der Waals surface area contributed by atoms with Crippen molar-refractivity contribution in [2.75, 3.05) is 36.9 Å². The van der Waals surface area contributed by atoms with Gasteiger partial charge in [-0.05, 0) is 19.9 Å². The average molecular weight is 372 g/mol. The zero-order valence-corrected chi connectivity index (χ0v) is 15.5. The van der Waals surface area contributed by atoms with E-state index in [2.05, 4.69) is 19.9 Å². The fraction of sp³-hybridized carbons (Fsp3) is 0.412. The van der Waals surface area contributed by atoms with Crippen LogP contribution in [0.2, 0.25) is 0 Å². The van der Waals surface area contributed by atoms with Gasteiger partial charge >= 0.3 is 0 Å². The third-order valence-corrected chi connectivity index (χ3v) is 5.56. The molecule has 0 bridgehead atoms. The minimum absolute atomic E-state index is 0.212. The van der Waals surface area contributed by atoms with E-state index in [1.807, 2.05) is 6.07 Å². The number of nitrogen functional groups attached to an aromatic ring is 1. The van der Waals surface area contributed by atoms with Gasteiger partial charge in [-0.2, -0.15) is 0 Å². The molecule has 1 fully saturated rings. The number of hydrogen-bond donors (Lipinski definition) is 2. The van der Waals surface area contributed by atoms with Crippen molar-refractivity contribution in [2.24, 2.45) is 0 Å². The van der Waals surface area contributed by atoms with Crippen molar-refractivity contribution in [1.29, 1.82) is 0 Å². The van der Waals surface area contributed by atoms with Gasteiger partial charge in [0.05, 0.1) is 29.8 Å². The maximum absolute atomic E-state index is 10.4. The van der Waals surface area contributed by atoms with Crippen LogP contribution in [0.3, 0.4) is 0 Å². The summed E-state index contributed by atoms with van der Waals surface area (Å²) in [6.07, 6.45) is 3.24. The Morgan fingerprint density at radius 1 is 1.19 bits per heavy atom. The van der Waals surface area contributed by atoms with E-state index in [0.717, 1.165) is 34.0 Å². The zero-order valence-electron chi connectivity index (χ0n) is 14.6. The molecule has 0 saturated carbocycles. The van der Waals surface area contributed by atoms with Gasteiger partial charge in [-0.1, -0.05) is 0 Å². The van der Waals surface area contributed by atoms with Crippen molar-refractivity contribution in [1.82, 2.24) is 19.9 Å². The first kappa shape index (κ1) is 17.1. The second-order valence-corrected chi connectivity index (χ2v) is 7.72. The summed E-state index contributed by atoms with van der Waals surface area (Å²) in [6.45, 7) is 6.39. The fourth-order valence-electron chi connectivity index (χ4n) is 2.81. The van der Waals surface area contributed by atoms with Crippen molar-refractivity contribution in [2.45, 2.75) is 19.4 Å². The molecule has 0 atom stereocenters. The zero-order chi connectivity index (χ0) is 18.3. The predicted octanol–water partition coefficient (Wildman–Crippen LogP) is 1.79. The Morgan fingerprint density at radius 3 is 2.54 bits per heavy atom. The molecule has 8 nitrogen and oxygen atoms in total. The highest BCUT2D eigenvalue weighted by Crippen LogP contribution is 2.37. The Bertz CT molecular complexity index is 929. The minimum atomic E-state index is -0.932. The lowest BCUT2D eigenvalue weighted by atomic mass is 10.1. The first-order chi connectivity index (χ1) is 12.4. The highest BCUT2D eigenvalue weighted by molar-refractivity contribution is 7.18. The molecule has 0 radical (unpaired) electrons. The standard InChI is InChI=1S/C17H20N6O2S/c1-17(2,24)12-7-11-14(23-3-5-25-6-4-23)21-13(22-15(11)26-12)10-8-19-16(18)20-9-10/h7-9,24H,3-6H2,1-2H3,(H2,18,19,20). The third-order valence-electron chi connectivity index (χ3n) is 4.22. The van der Waals surface area contributed by atoms with Gasteiger partial charge < -0.3 is 20.5 Å². The SMILES string of the molecule is CC(C)(O)c1cc2c(N3CCOCC3)nc(-c3cnc(N)nc3)nc2s1. The Hall–Kier alpha value is -2.36. The largest absolute Gasteiger partial charge is 0.385 e. The maximum Gasteiger partial charge on any atom is 0.219 e. The first-order valence-corrected chi connectivity index (χ1v) is 9.18. The number of rotatable bonds is 3. The molecule has 136 valence electrons. The normalized spacial score (nSPS) is 15.6. The summed E-state index contributed by atoms with van der Waals surface area (Å²) in [7, 11) is 0. The molecule has 1 aliphatic heterocycles. The van der Waals surface area contributed by atoms with E-state index in [1.54, 1.807) is 26.2 Å². The Labute approximate surface area is 154 Å². The molecule has 9 heteroatoms. The molecule has 1 saturated heterocycles. The van der Waals surface area contributed by atoms with Gasteiger partial charge in [0.2, 0.25) is 5.95 Å². The monoisotopic (exact) mass is 372 g/mol. The van der Waals surface area contributed by atoms with Gasteiger partial charge in [0.25, 0.3) is 0 Å². The van der Waals surface area contributed by atoms with Crippen LogP contribution in [0.4, 0.5) is 11.8 Å². The molecular weight excluding hydrogens is 352 g/mol. The Balaban J connectivity index is 1.89. The second-order valence-electron chi connectivity index (χ2n) is 6.69. The second kappa shape index (κ2) is 6.42. The van der Waals surface area contributed by atoms with E-state index in [1.165, 1.54) is 11.3 Å². The summed E-state index contributed by atoms with van der Waals surface area (Å²) in [5, 5.41) is 11.3. The minimum Gasteiger partial charge on any atom is -0.385 e. The number of aliphatic hydroxyl groups is 1. The molecule has 0 amide bonds. The number of aromatic nitrogens is 4. The highest BCUT2D eigenvalue weighted by atomic mass is 32.1. The molecule has 4 rings (SSSR count). The number of thiophene rings is 1. The van der Waals surface area contributed by atoms with Gasteiger partial charge in [0.15, 0.2) is 5.82 Å². The summed E-state index contributed by atoms with van der Waals surface area (Å²) in [5.74, 6) is 1.60. The van der Waals surface area contributed by atoms with Crippen LogP contribution in [0.5, 0.6) is 0 Å². The molecule has 3 aromatic heterocycles. The lowest BCUT2D eigenvalue weighted by Crippen LogP contribution is -2.37. The molecule has 4 heterocycles. The van der Waals surface area contributed by atoms with Crippen LogP contribution in [0.25, 0.3) is 21.6 Å².